The van der Waals surface area contributed by atoms with Crippen molar-refractivity contribution in [3.8, 4) is 5.75 Å². The highest BCUT2D eigenvalue weighted by Crippen LogP contribution is 2.24. The number of benzene rings is 1. The Bertz CT molecular complexity index is 305. The average Bonchev–Trinajstić information content (AvgIpc) is 2.71. The first kappa shape index (κ1) is 10.5. The Morgan fingerprint density at radius 2 is 2.07 bits per heavy atom. The molecule has 0 saturated heterocycles. The molecule has 0 atom stereocenters. The molecule has 0 heterocycles. The van der Waals surface area contributed by atoms with E-state index >= 15 is 0 Å². The van der Waals surface area contributed by atoms with Gasteiger partial charge in [0.25, 0.3) is 0 Å². The van der Waals surface area contributed by atoms with E-state index in [4.69, 9.17) is 10.5 Å². The molecule has 0 aliphatic heterocycles. The fraction of sp³-hybridized carbons (Fsp3) is 0.538. The quantitative estimate of drug-likeness (QED) is 0.819. The zero-order valence-electron chi connectivity index (χ0n) is 9.11. The van der Waals surface area contributed by atoms with Crippen molar-refractivity contribution >= 4 is 0 Å². The minimum Gasteiger partial charge on any atom is -0.490 e. The minimum absolute atomic E-state index is 0.443. The van der Waals surface area contributed by atoms with Gasteiger partial charge in [0, 0.05) is 0 Å². The summed E-state index contributed by atoms with van der Waals surface area (Å²) in [7, 11) is 0. The standard InChI is InChI=1S/C13H19NO/c14-9-8-11-4-3-7-13(10-11)15-12-5-1-2-6-12/h3-4,7,10,12H,1-2,5-6,8-9,14H2. The highest BCUT2D eigenvalue weighted by molar-refractivity contribution is 5.28. The molecule has 0 aromatic heterocycles. The molecule has 1 saturated carbocycles. The SMILES string of the molecule is NCCc1cccc(OC2CCCC2)c1. The molecule has 0 radical (unpaired) electrons. The summed E-state index contributed by atoms with van der Waals surface area (Å²) < 4.78 is 5.92. The van der Waals surface area contributed by atoms with E-state index < -0.39 is 0 Å². The number of ether oxygens (including phenoxy) is 1. The van der Waals surface area contributed by atoms with Crippen molar-refractivity contribution in [2.45, 2.75) is 38.2 Å². The topological polar surface area (TPSA) is 35.2 Å². The van der Waals surface area contributed by atoms with E-state index in [0.29, 0.717) is 12.6 Å². The van der Waals surface area contributed by atoms with Gasteiger partial charge in [-0.3, -0.25) is 0 Å². The zero-order chi connectivity index (χ0) is 10.5. The fourth-order valence-corrected chi connectivity index (χ4v) is 2.14. The number of hydrogen-bond acceptors (Lipinski definition) is 2. The minimum atomic E-state index is 0.443. The van der Waals surface area contributed by atoms with Crippen LogP contribution in [0.25, 0.3) is 0 Å². The Labute approximate surface area is 91.4 Å². The number of rotatable bonds is 4. The van der Waals surface area contributed by atoms with Crippen LogP contribution in [-0.2, 0) is 6.42 Å². The van der Waals surface area contributed by atoms with Crippen LogP contribution in [0.2, 0.25) is 0 Å². The fourth-order valence-electron chi connectivity index (χ4n) is 2.14. The molecule has 1 aromatic carbocycles. The summed E-state index contributed by atoms with van der Waals surface area (Å²) in [6.07, 6.45) is 6.42. The molecule has 1 fully saturated rings. The first-order valence-electron chi connectivity index (χ1n) is 5.84. The van der Waals surface area contributed by atoms with Gasteiger partial charge in [-0.05, 0) is 56.3 Å². The monoisotopic (exact) mass is 205 g/mol. The molecule has 1 aliphatic rings. The largest absolute Gasteiger partial charge is 0.490 e. The Kier molecular flexibility index (Phi) is 3.62. The van der Waals surface area contributed by atoms with Gasteiger partial charge in [-0.2, -0.15) is 0 Å². The highest BCUT2D eigenvalue weighted by Gasteiger charge is 2.16. The Morgan fingerprint density at radius 1 is 1.27 bits per heavy atom. The molecule has 82 valence electrons. The lowest BCUT2D eigenvalue weighted by atomic mass is 10.1. The average molecular weight is 205 g/mol. The number of hydrogen-bond donors (Lipinski definition) is 1. The van der Waals surface area contributed by atoms with Crippen LogP contribution in [0.1, 0.15) is 31.2 Å². The van der Waals surface area contributed by atoms with Crippen LogP contribution in [0, 0.1) is 0 Å². The molecule has 15 heavy (non-hydrogen) atoms. The van der Waals surface area contributed by atoms with Crippen LogP contribution in [0.3, 0.4) is 0 Å². The molecule has 0 bridgehead atoms. The zero-order valence-corrected chi connectivity index (χ0v) is 9.11. The lowest BCUT2D eigenvalue weighted by Gasteiger charge is -2.13. The third kappa shape index (κ3) is 2.96. The van der Waals surface area contributed by atoms with Gasteiger partial charge in [0.15, 0.2) is 0 Å². The van der Waals surface area contributed by atoms with Crippen molar-refractivity contribution in [3.05, 3.63) is 29.8 Å². The van der Waals surface area contributed by atoms with Crippen LogP contribution in [-0.4, -0.2) is 12.6 Å². The van der Waals surface area contributed by atoms with Gasteiger partial charge < -0.3 is 10.5 Å². The summed E-state index contributed by atoms with van der Waals surface area (Å²) in [5.41, 5.74) is 6.80. The van der Waals surface area contributed by atoms with E-state index in [1.807, 2.05) is 6.07 Å². The highest BCUT2D eigenvalue weighted by atomic mass is 16.5. The van der Waals surface area contributed by atoms with E-state index in [1.54, 1.807) is 0 Å². The smallest absolute Gasteiger partial charge is 0.119 e. The number of nitrogens with two attached hydrogens (primary N) is 1. The van der Waals surface area contributed by atoms with E-state index in [2.05, 4.69) is 18.2 Å². The van der Waals surface area contributed by atoms with E-state index in [9.17, 15) is 0 Å². The summed E-state index contributed by atoms with van der Waals surface area (Å²) in [4.78, 5) is 0. The maximum Gasteiger partial charge on any atom is 0.119 e. The van der Waals surface area contributed by atoms with Gasteiger partial charge in [0.1, 0.15) is 5.75 Å². The lowest BCUT2D eigenvalue weighted by Crippen LogP contribution is -2.11. The second-order valence-electron chi connectivity index (χ2n) is 4.21. The molecular weight excluding hydrogens is 186 g/mol. The second-order valence-corrected chi connectivity index (χ2v) is 4.21. The Hall–Kier alpha value is -1.02. The summed E-state index contributed by atoms with van der Waals surface area (Å²) in [6.45, 7) is 0.701. The predicted octanol–water partition coefficient (Wildman–Crippen LogP) is 2.51. The first-order chi connectivity index (χ1) is 7.38. The third-order valence-corrected chi connectivity index (χ3v) is 2.94. The molecule has 1 aliphatic carbocycles. The predicted molar refractivity (Wildman–Crippen MR) is 62.1 cm³/mol. The maximum atomic E-state index is 5.92. The maximum absolute atomic E-state index is 5.92. The van der Waals surface area contributed by atoms with Crippen molar-refractivity contribution in [1.82, 2.24) is 0 Å². The van der Waals surface area contributed by atoms with Gasteiger partial charge in [-0.25, -0.2) is 0 Å². The normalized spacial score (nSPS) is 16.9. The summed E-state index contributed by atoms with van der Waals surface area (Å²) in [6, 6.07) is 8.31. The van der Waals surface area contributed by atoms with E-state index in [0.717, 1.165) is 12.2 Å². The molecular formula is C13H19NO. The summed E-state index contributed by atoms with van der Waals surface area (Å²) >= 11 is 0. The molecule has 0 unspecified atom stereocenters. The lowest BCUT2D eigenvalue weighted by molar-refractivity contribution is 0.210. The van der Waals surface area contributed by atoms with Crippen LogP contribution in [0.4, 0.5) is 0 Å². The van der Waals surface area contributed by atoms with Gasteiger partial charge in [0.05, 0.1) is 6.10 Å². The van der Waals surface area contributed by atoms with Crippen molar-refractivity contribution in [2.24, 2.45) is 5.73 Å². The molecule has 2 heteroatoms. The van der Waals surface area contributed by atoms with Crippen LogP contribution in [0.5, 0.6) is 5.75 Å². The van der Waals surface area contributed by atoms with Gasteiger partial charge in [0.2, 0.25) is 0 Å². The summed E-state index contributed by atoms with van der Waals surface area (Å²) in [5, 5.41) is 0. The van der Waals surface area contributed by atoms with Crippen molar-refractivity contribution in [1.29, 1.82) is 0 Å². The molecule has 0 amide bonds. The van der Waals surface area contributed by atoms with Crippen LogP contribution in [0.15, 0.2) is 24.3 Å². The summed E-state index contributed by atoms with van der Waals surface area (Å²) in [5.74, 6) is 1.01. The van der Waals surface area contributed by atoms with E-state index in [1.165, 1.54) is 31.2 Å². The van der Waals surface area contributed by atoms with Crippen LogP contribution < -0.4 is 10.5 Å². The molecule has 1 aromatic rings. The van der Waals surface area contributed by atoms with Gasteiger partial charge >= 0.3 is 0 Å². The van der Waals surface area contributed by atoms with Crippen molar-refractivity contribution < 1.29 is 4.74 Å². The molecule has 2 nitrogen and oxygen atoms in total. The molecule has 0 spiro atoms. The van der Waals surface area contributed by atoms with Gasteiger partial charge in [-0.1, -0.05) is 12.1 Å². The first-order valence-corrected chi connectivity index (χ1v) is 5.84. The second kappa shape index (κ2) is 5.17. The van der Waals surface area contributed by atoms with E-state index in [-0.39, 0.29) is 0 Å². The van der Waals surface area contributed by atoms with Crippen molar-refractivity contribution in [3.63, 3.8) is 0 Å². The van der Waals surface area contributed by atoms with Gasteiger partial charge in [-0.15, -0.1) is 0 Å². The Balaban J connectivity index is 1.97. The Morgan fingerprint density at radius 3 is 2.80 bits per heavy atom. The third-order valence-electron chi connectivity index (χ3n) is 2.94. The van der Waals surface area contributed by atoms with Crippen molar-refractivity contribution in [2.75, 3.05) is 6.54 Å². The van der Waals surface area contributed by atoms with Crippen LogP contribution >= 0.6 is 0 Å². The molecule has 2 N–H and O–H groups in total. The molecule has 2 rings (SSSR count).